The molecule has 1 aliphatic carbocycles. The summed E-state index contributed by atoms with van der Waals surface area (Å²) in [6, 6.07) is 9.93. The Morgan fingerprint density at radius 3 is 2.60 bits per heavy atom. The van der Waals surface area contributed by atoms with Gasteiger partial charge in [-0.05, 0) is 30.0 Å². The summed E-state index contributed by atoms with van der Waals surface area (Å²) in [6.45, 7) is 0. The molecular weight excluding hydrogens is 316 g/mol. The van der Waals surface area contributed by atoms with Crippen molar-refractivity contribution in [1.82, 2.24) is 0 Å². The Morgan fingerprint density at radius 1 is 1.20 bits per heavy atom. The molecule has 0 saturated heterocycles. The third-order valence-electron chi connectivity index (χ3n) is 3.84. The minimum absolute atomic E-state index is 0.0181. The van der Waals surface area contributed by atoms with Crippen LogP contribution in [0, 0.1) is 0 Å². The Morgan fingerprint density at radius 2 is 1.90 bits per heavy atom. The van der Waals surface area contributed by atoms with Gasteiger partial charge in [-0.1, -0.05) is 53.4 Å². The maximum atomic E-state index is 12.5. The number of rotatable bonds is 3. The van der Waals surface area contributed by atoms with Crippen molar-refractivity contribution in [2.75, 3.05) is 4.90 Å². The number of halogens is 1. The molecule has 108 valence electrons. The molecule has 1 aromatic rings. The molecule has 3 nitrogen and oxygen atoms in total. The van der Waals surface area contributed by atoms with E-state index in [2.05, 4.69) is 15.9 Å². The van der Waals surface area contributed by atoms with Gasteiger partial charge in [0.05, 0.1) is 6.04 Å². The summed E-state index contributed by atoms with van der Waals surface area (Å²) >= 11 is 3.19. The van der Waals surface area contributed by atoms with E-state index in [4.69, 9.17) is 5.73 Å². The minimum Gasteiger partial charge on any atom is -0.326 e. The van der Waals surface area contributed by atoms with Crippen molar-refractivity contribution in [2.24, 2.45) is 5.73 Å². The number of amides is 1. The number of hydrogen-bond donors (Lipinski definition) is 1. The Balaban J connectivity index is 2.32. The van der Waals surface area contributed by atoms with Gasteiger partial charge in [-0.15, -0.1) is 0 Å². The lowest BCUT2D eigenvalue weighted by atomic mass is 10.0. The molecule has 2 unspecified atom stereocenters. The quantitative estimate of drug-likeness (QED) is 0.677. The van der Waals surface area contributed by atoms with Gasteiger partial charge in [0.1, 0.15) is 0 Å². The number of nitrogens with two attached hydrogens (primary N) is 1. The summed E-state index contributed by atoms with van der Waals surface area (Å²) in [5.74, 6) is -0.0181. The van der Waals surface area contributed by atoms with E-state index in [9.17, 15) is 4.79 Å². The molecule has 0 spiro atoms. The third-order valence-corrected chi connectivity index (χ3v) is 4.10. The average Bonchev–Trinajstić information content (AvgIpc) is 2.66. The van der Waals surface area contributed by atoms with Crippen LogP contribution in [0.5, 0.6) is 0 Å². The maximum Gasteiger partial charge on any atom is 0.251 e. The highest BCUT2D eigenvalue weighted by atomic mass is 79.9. The topological polar surface area (TPSA) is 46.3 Å². The van der Waals surface area contributed by atoms with Crippen LogP contribution in [-0.4, -0.2) is 18.0 Å². The van der Waals surface area contributed by atoms with Gasteiger partial charge in [0, 0.05) is 17.8 Å². The highest BCUT2D eigenvalue weighted by Crippen LogP contribution is 2.26. The second-order valence-corrected chi connectivity index (χ2v) is 5.73. The zero-order valence-corrected chi connectivity index (χ0v) is 13.1. The van der Waals surface area contributed by atoms with Crippen molar-refractivity contribution in [3.05, 3.63) is 41.4 Å². The summed E-state index contributed by atoms with van der Waals surface area (Å²) < 4.78 is 0. The Kier molecular flexibility index (Phi) is 5.80. The number of carbonyl (C=O) groups is 1. The van der Waals surface area contributed by atoms with Crippen LogP contribution >= 0.6 is 15.9 Å². The fourth-order valence-electron chi connectivity index (χ4n) is 2.84. The Hall–Kier alpha value is -1.13. The molecule has 0 aromatic heterocycles. The molecule has 1 fully saturated rings. The first-order chi connectivity index (χ1) is 9.74. The molecule has 0 radical (unpaired) electrons. The van der Waals surface area contributed by atoms with Crippen LogP contribution in [-0.2, 0) is 4.79 Å². The monoisotopic (exact) mass is 336 g/mol. The van der Waals surface area contributed by atoms with Crippen LogP contribution in [0.2, 0.25) is 0 Å². The minimum atomic E-state index is -0.0181. The largest absolute Gasteiger partial charge is 0.326 e. The van der Waals surface area contributed by atoms with E-state index < -0.39 is 0 Å². The maximum absolute atomic E-state index is 12.5. The lowest BCUT2D eigenvalue weighted by Gasteiger charge is -2.34. The molecule has 1 amide bonds. The number of benzene rings is 1. The van der Waals surface area contributed by atoms with Gasteiger partial charge in [-0.3, -0.25) is 4.79 Å². The van der Waals surface area contributed by atoms with Crippen LogP contribution in [0.25, 0.3) is 0 Å². The fourth-order valence-corrected chi connectivity index (χ4v) is 3.07. The van der Waals surface area contributed by atoms with Crippen molar-refractivity contribution in [3.8, 4) is 0 Å². The van der Waals surface area contributed by atoms with E-state index in [1.54, 1.807) is 11.1 Å². The Labute approximate surface area is 129 Å². The second kappa shape index (κ2) is 7.60. The van der Waals surface area contributed by atoms with Crippen LogP contribution in [0.3, 0.4) is 0 Å². The third kappa shape index (κ3) is 3.70. The summed E-state index contributed by atoms with van der Waals surface area (Å²) in [5.41, 5.74) is 7.24. The predicted molar refractivity (Wildman–Crippen MR) is 86.8 cm³/mol. The molecular formula is C16H21BrN2O. The van der Waals surface area contributed by atoms with E-state index in [1.807, 2.05) is 35.2 Å². The van der Waals surface area contributed by atoms with Crippen LogP contribution in [0.15, 0.2) is 41.4 Å². The van der Waals surface area contributed by atoms with Gasteiger partial charge in [0.2, 0.25) is 0 Å². The van der Waals surface area contributed by atoms with E-state index in [-0.39, 0.29) is 18.0 Å². The Bertz CT molecular complexity index is 461. The van der Waals surface area contributed by atoms with E-state index in [0.717, 1.165) is 31.4 Å². The zero-order chi connectivity index (χ0) is 14.4. The second-order valence-electron chi connectivity index (χ2n) is 5.21. The van der Waals surface area contributed by atoms with E-state index in [1.165, 1.54) is 6.42 Å². The molecule has 20 heavy (non-hydrogen) atoms. The number of carbonyl (C=O) groups excluding carboxylic acids is 1. The van der Waals surface area contributed by atoms with Gasteiger partial charge in [0.15, 0.2) is 0 Å². The summed E-state index contributed by atoms with van der Waals surface area (Å²) in [5, 5.41) is 0. The molecule has 4 heteroatoms. The van der Waals surface area contributed by atoms with E-state index >= 15 is 0 Å². The first-order valence-electron chi connectivity index (χ1n) is 7.14. The SMILES string of the molecule is NC1CCCCCC1N(C(=O)/C=C\Br)c1ccccc1. The predicted octanol–water partition coefficient (Wildman–Crippen LogP) is 3.59. The molecule has 1 aromatic carbocycles. The first kappa shape index (κ1) is 15.3. The normalized spacial score (nSPS) is 23.5. The average molecular weight is 337 g/mol. The molecule has 0 aliphatic heterocycles. The number of nitrogens with zero attached hydrogens (tertiary/aromatic N) is 1. The molecule has 0 heterocycles. The van der Waals surface area contributed by atoms with E-state index in [0.29, 0.717) is 0 Å². The molecule has 1 saturated carbocycles. The number of para-hydroxylation sites is 1. The standard InChI is InChI=1S/C16H21BrN2O/c17-12-11-16(20)19(13-7-3-1-4-8-13)15-10-6-2-5-9-14(15)18/h1,3-4,7-8,11-12,14-15H,2,5-6,9-10,18H2/b12-11-. The van der Waals surface area contributed by atoms with Crippen LogP contribution in [0.1, 0.15) is 32.1 Å². The lowest BCUT2D eigenvalue weighted by Crippen LogP contribution is -2.49. The highest BCUT2D eigenvalue weighted by molar-refractivity contribution is 9.11. The van der Waals surface area contributed by atoms with Crippen molar-refractivity contribution >= 4 is 27.5 Å². The van der Waals surface area contributed by atoms with Crippen molar-refractivity contribution in [2.45, 2.75) is 44.2 Å². The van der Waals surface area contributed by atoms with Crippen LogP contribution < -0.4 is 10.6 Å². The van der Waals surface area contributed by atoms with Gasteiger partial charge in [-0.2, -0.15) is 0 Å². The highest BCUT2D eigenvalue weighted by Gasteiger charge is 2.29. The summed E-state index contributed by atoms with van der Waals surface area (Å²) in [6.07, 6.45) is 6.99. The van der Waals surface area contributed by atoms with Crippen LogP contribution in [0.4, 0.5) is 5.69 Å². The first-order valence-corrected chi connectivity index (χ1v) is 8.06. The van der Waals surface area contributed by atoms with Gasteiger partial charge in [0.25, 0.3) is 5.91 Å². The van der Waals surface area contributed by atoms with Crippen molar-refractivity contribution < 1.29 is 4.79 Å². The smallest absolute Gasteiger partial charge is 0.251 e. The lowest BCUT2D eigenvalue weighted by molar-refractivity contribution is -0.114. The summed E-state index contributed by atoms with van der Waals surface area (Å²) in [7, 11) is 0. The molecule has 1 aliphatic rings. The number of hydrogen-bond acceptors (Lipinski definition) is 2. The van der Waals surface area contributed by atoms with Crippen molar-refractivity contribution in [1.29, 1.82) is 0 Å². The number of anilines is 1. The zero-order valence-electron chi connectivity index (χ0n) is 11.5. The fraction of sp³-hybridized carbons (Fsp3) is 0.438. The molecule has 2 atom stereocenters. The molecule has 2 rings (SSSR count). The summed E-state index contributed by atoms with van der Waals surface area (Å²) in [4.78, 5) is 15.9. The van der Waals surface area contributed by atoms with Gasteiger partial charge in [-0.25, -0.2) is 0 Å². The molecule has 0 bridgehead atoms. The van der Waals surface area contributed by atoms with Gasteiger partial charge < -0.3 is 10.6 Å². The molecule has 2 N–H and O–H groups in total. The van der Waals surface area contributed by atoms with Crippen molar-refractivity contribution in [3.63, 3.8) is 0 Å². The van der Waals surface area contributed by atoms with Gasteiger partial charge >= 0.3 is 0 Å².